The summed E-state index contributed by atoms with van der Waals surface area (Å²) in [4.78, 5) is 0. The molecule has 0 aliphatic carbocycles. The number of ether oxygens (including phenoxy) is 2. The first-order valence-corrected chi connectivity index (χ1v) is 13.1. The van der Waals surface area contributed by atoms with E-state index in [9.17, 15) is 10.2 Å². The third-order valence-electron chi connectivity index (χ3n) is 6.25. The zero-order valence-corrected chi connectivity index (χ0v) is 20.1. The maximum atomic E-state index is 9.89. The smallest absolute Gasteiger partial charge is 0.115 e. The summed E-state index contributed by atoms with van der Waals surface area (Å²) < 4.78 is 11.0. The minimum absolute atomic E-state index is 0.134. The number of hydrogen-bond acceptors (Lipinski definition) is 5. The lowest BCUT2D eigenvalue weighted by Gasteiger charge is -2.23. The van der Waals surface area contributed by atoms with Crippen molar-refractivity contribution in [3.05, 3.63) is 12.2 Å². The predicted octanol–water partition coefficient (Wildman–Crippen LogP) is 5.30. The van der Waals surface area contributed by atoms with Crippen molar-refractivity contribution in [1.82, 2.24) is 0 Å². The van der Waals surface area contributed by atoms with Crippen molar-refractivity contribution >= 4 is 0 Å². The van der Waals surface area contributed by atoms with E-state index < -0.39 is 31.0 Å². The Bertz CT molecular complexity index is 415. The van der Waals surface area contributed by atoms with Gasteiger partial charge in [-0.2, -0.15) is 0 Å². The van der Waals surface area contributed by atoms with Crippen molar-refractivity contribution in [3.63, 3.8) is 0 Å². The molecule has 1 aliphatic heterocycles. The molecule has 0 spiro atoms. The fourth-order valence-corrected chi connectivity index (χ4v) is 4.24. The Balaban J connectivity index is 1.84. The molecule has 0 saturated carbocycles. The lowest BCUT2D eigenvalue weighted by Crippen LogP contribution is -2.42. The summed E-state index contributed by atoms with van der Waals surface area (Å²) in [7, 11) is 0. The molecule has 4 atom stereocenters. The van der Waals surface area contributed by atoms with Gasteiger partial charge >= 0.3 is 0 Å². The molecule has 3 N–H and O–H groups in total. The van der Waals surface area contributed by atoms with Gasteiger partial charge in [-0.1, -0.05) is 109 Å². The zero-order chi connectivity index (χ0) is 22.6. The molecule has 1 saturated heterocycles. The van der Waals surface area contributed by atoms with Crippen LogP contribution in [0.25, 0.3) is 0 Å². The molecule has 5 heteroatoms. The molecule has 1 aliphatic rings. The lowest BCUT2D eigenvalue weighted by atomic mass is 10.0. The van der Waals surface area contributed by atoms with Crippen LogP contribution in [0.4, 0.5) is 0 Å². The van der Waals surface area contributed by atoms with Crippen molar-refractivity contribution in [1.29, 1.82) is 0 Å². The van der Waals surface area contributed by atoms with Gasteiger partial charge in [-0.15, -0.1) is 0 Å². The first-order valence-electron chi connectivity index (χ1n) is 13.1. The maximum absolute atomic E-state index is 9.89. The van der Waals surface area contributed by atoms with E-state index in [1.54, 1.807) is 0 Å². The highest BCUT2D eigenvalue weighted by Crippen LogP contribution is 2.21. The lowest BCUT2D eigenvalue weighted by molar-refractivity contribution is -0.0879. The van der Waals surface area contributed by atoms with Gasteiger partial charge in [-0.3, -0.25) is 0 Å². The Kier molecular flexibility index (Phi) is 18.6. The van der Waals surface area contributed by atoms with Crippen LogP contribution in [0.2, 0.25) is 0 Å². The fraction of sp³-hybridized carbons (Fsp3) is 0.923. The van der Waals surface area contributed by atoms with Crippen molar-refractivity contribution in [2.24, 2.45) is 0 Å². The second-order valence-electron chi connectivity index (χ2n) is 9.12. The van der Waals surface area contributed by atoms with Crippen LogP contribution in [0.3, 0.4) is 0 Å². The quantitative estimate of drug-likeness (QED) is 0.166. The average Bonchev–Trinajstić information content (AvgIpc) is 3.15. The minimum atomic E-state index is -1.02. The van der Waals surface area contributed by atoms with E-state index in [4.69, 9.17) is 14.6 Å². The van der Waals surface area contributed by atoms with Crippen LogP contribution >= 0.6 is 0 Å². The Morgan fingerprint density at radius 1 is 0.839 bits per heavy atom. The molecule has 0 amide bonds. The Labute approximate surface area is 191 Å². The van der Waals surface area contributed by atoms with E-state index in [1.165, 1.54) is 96.3 Å². The number of aliphatic hydroxyl groups excluding tert-OH is 3. The minimum Gasteiger partial charge on any atom is -0.394 e. The van der Waals surface area contributed by atoms with Gasteiger partial charge in [0, 0.05) is 0 Å². The highest BCUT2D eigenvalue weighted by molar-refractivity contribution is 4.91. The zero-order valence-electron chi connectivity index (χ0n) is 20.1. The highest BCUT2D eigenvalue weighted by Gasteiger charge is 2.40. The van der Waals surface area contributed by atoms with Crippen LogP contribution in [0.5, 0.6) is 0 Å². The molecule has 1 fully saturated rings. The van der Waals surface area contributed by atoms with E-state index in [0.29, 0.717) is 6.61 Å². The Morgan fingerprint density at radius 3 is 1.87 bits per heavy atom. The Morgan fingerprint density at radius 2 is 1.35 bits per heavy atom. The van der Waals surface area contributed by atoms with Gasteiger partial charge in [0.2, 0.25) is 0 Å². The van der Waals surface area contributed by atoms with Crippen LogP contribution in [0.15, 0.2) is 12.2 Å². The molecule has 1 rings (SSSR count). The second-order valence-corrected chi connectivity index (χ2v) is 9.12. The first-order chi connectivity index (χ1) is 15.2. The van der Waals surface area contributed by atoms with E-state index in [1.807, 2.05) is 6.08 Å². The summed E-state index contributed by atoms with van der Waals surface area (Å²) in [5.41, 5.74) is 0. The molecule has 0 unspecified atom stereocenters. The van der Waals surface area contributed by atoms with Crippen LogP contribution in [-0.4, -0.2) is 59.6 Å². The fourth-order valence-electron chi connectivity index (χ4n) is 4.24. The molecular weight excluding hydrogens is 392 g/mol. The maximum Gasteiger partial charge on any atom is 0.115 e. The summed E-state index contributed by atoms with van der Waals surface area (Å²) >= 11 is 0. The average molecular weight is 443 g/mol. The molecule has 31 heavy (non-hydrogen) atoms. The second kappa shape index (κ2) is 20.2. The summed E-state index contributed by atoms with van der Waals surface area (Å²) in [6.07, 6.45) is 22.8. The summed E-state index contributed by atoms with van der Waals surface area (Å²) in [5.74, 6) is 0. The van der Waals surface area contributed by atoms with Crippen LogP contribution < -0.4 is 0 Å². The highest BCUT2D eigenvalue weighted by atomic mass is 16.6. The summed E-state index contributed by atoms with van der Waals surface area (Å²) in [6, 6.07) is 0. The number of aliphatic hydroxyl groups is 3. The molecule has 5 nitrogen and oxygen atoms in total. The third-order valence-corrected chi connectivity index (χ3v) is 6.25. The normalized spacial score (nSPS) is 22.5. The topological polar surface area (TPSA) is 79.2 Å². The van der Waals surface area contributed by atoms with E-state index in [-0.39, 0.29) is 6.61 Å². The van der Waals surface area contributed by atoms with Crippen LogP contribution in [0, 0.1) is 0 Å². The van der Waals surface area contributed by atoms with Gasteiger partial charge in [0.1, 0.15) is 24.4 Å². The van der Waals surface area contributed by atoms with Gasteiger partial charge in [0.15, 0.2) is 0 Å². The van der Waals surface area contributed by atoms with Crippen molar-refractivity contribution in [2.45, 2.75) is 134 Å². The first kappa shape index (κ1) is 28.6. The van der Waals surface area contributed by atoms with E-state index in [2.05, 4.69) is 13.0 Å². The third kappa shape index (κ3) is 14.3. The number of rotatable bonds is 21. The van der Waals surface area contributed by atoms with E-state index >= 15 is 0 Å². The summed E-state index contributed by atoms with van der Waals surface area (Å²) in [5, 5.41) is 28.7. The van der Waals surface area contributed by atoms with Crippen molar-refractivity contribution in [3.8, 4) is 0 Å². The molecule has 0 radical (unpaired) electrons. The standard InChI is InChI=1S/C26H50O5/c1-2-3-4-5-6-7-8-9-10-11-12-13-14-15-16-17-18-19-20-30-26-24(29)22-31-25(26)23(28)21-27/h18-19,23-29H,2-17,20-22H2,1H3/b19-18+/t23-,24+,25+,26+/m1/s1. The largest absolute Gasteiger partial charge is 0.394 e. The predicted molar refractivity (Wildman–Crippen MR) is 127 cm³/mol. The molecule has 0 bridgehead atoms. The molecular formula is C26H50O5. The number of allylic oxidation sites excluding steroid dienone is 1. The number of hydrogen-bond donors (Lipinski definition) is 3. The SMILES string of the molecule is CCCCCCCCCCCCCCCCC/C=C/CO[C@@H]1[C@H]([C@H](O)CO)OC[C@@H]1O. The van der Waals surface area contributed by atoms with Gasteiger partial charge < -0.3 is 24.8 Å². The van der Waals surface area contributed by atoms with Crippen molar-refractivity contribution in [2.75, 3.05) is 19.8 Å². The van der Waals surface area contributed by atoms with Gasteiger partial charge in [0.25, 0.3) is 0 Å². The van der Waals surface area contributed by atoms with Crippen molar-refractivity contribution < 1.29 is 24.8 Å². The van der Waals surface area contributed by atoms with E-state index in [0.717, 1.165) is 6.42 Å². The molecule has 0 aromatic heterocycles. The van der Waals surface area contributed by atoms with Gasteiger partial charge in [-0.25, -0.2) is 0 Å². The summed E-state index contributed by atoms with van der Waals surface area (Å²) in [6.45, 7) is 2.40. The molecule has 0 aromatic carbocycles. The van der Waals surface area contributed by atoms with Gasteiger partial charge in [0.05, 0.1) is 19.8 Å². The van der Waals surface area contributed by atoms with Crippen LogP contribution in [-0.2, 0) is 9.47 Å². The van der Waals surface area contributed by atoms with Crippen LogP contribution in [0.1, 0.15) is 110 Å². The number of unbranched alkanes of at least 4 members (excludes halogenated alkanes) is 15. The molecule has 0 aromatic rings. The van der Waals surface area contributed by atoms with Gasteiger partial charge in [-0.05, 0) is 12.8 Å². The molecule has 1 heterocycles. The molecule has 184 valence electrons. The monoisotopic (exact) mass is 442 g/mol. The Hall–Kier alpha value is -0.460.